The van der Waals surface area contributed by atoms with E-state index >= 15 is 0 Å². The van der Waals surface area contributed by atoms with E-state index in [2.05, 4.69) is 5.32 Å². The van der Waals surface area contributed by atoms with E-state index in [1.165, 1.54) is 0 Å². The first kappa shape index (κ1) is 19.2. The van der Waals surface area contributed by atoms with Gasteiger partial charge in [-0.25, -0.2) is 0 Å². The molecule has 1 aromatic rings. The minimum atomic E-state index is -0.759. The Bertz CT molecular complexity index is 412. The molecule has 0 aliphatic heterocycles. The summed E-state index contributed by atoms with van der Waals surface area (Å²) in [6, 6.07) is 6.32. The number of nitrogens with one attached hydrogen (secondary N) is 1. The predicted molar refractivity (Wildman–Crippen MR) is 84.1 cm³/mol. The SMILES string of the molecule is CCC(C)C(N)C(=O)NCC(O)c1ccc(Cl)cc1.Cl. The Morgan fingerprint density at radius 2 is 1.95 bits per heavy atom. The lowest BCUT2D eigenvalue weighted by Crippen LogP contribution is -2.45. The Balaban J connectivity index is 0.00000361. The highest BCUT2D eigenvalue weighted by molar-refractivity contribution is 6.30. The quantitative estimate of drug-likeness (QED) is 0.752. The Morgan fingerprint density at radius 3 is 2.45 bits per heavy atom. The monoisotopic (exact) mass is 320 g/mol. The molecule has 0 fully saturated rings. The van der Waals surface area contributed by atoms with E-state index in [4.69, 9.17) is 17.3 Å². The van der Waals surface area contributed by atoms with Crippen LogP contribution in [-0.4, -0.2) is 23.6 Å². The molecule has 0 aliphatic carbocycles. The second-order valence-electron chi connectivity index (χ2n) is 4.72. The number of hydrogen-bond acceptors (Lipinski definition) is 3. The molecule has 0 saturated heterocycles. The zero-order valence-electron chi connectivity index (χ0n) is 11.7. The van der Waals surface area contributed by atoms with Gasteiger partial charge in [0.25, 0.3) is 0 Å². The van der Waals surface area contributed by atoms with E-state index in [1.807, 2.05) is 13.8 Å². The van der Waals surface area contributed by atoms with E-state index in [-0.39, 0.29) is 30.8 Å². The van der Waals surface area contributed by atoms with Gasteiger partial charge < -0.3 is 16.2 Å². The number of amides is 1. The van der Waals surface area contributed by atoms with Crippen LogP contribution in [0.2, 0.25) is 5.02 Å². The Labute approximate surface area is 131 Å². The van der Waals surface area contributed by atoms with Gasteiger partial charge in [0, 0.05) is 11.6 Å². The van der Waals surface area contributed by atoms with Crippen molar-refractivity contribution in [3.05, 3.63) is 34.9 Å². The molecule has 114 valence electrons. The van der Waals surface area contributed by atoms with Crippen molar-refractivity contribution in [2.24, 2.45) is 11.7 Å². The molecule has 4 N–H and O–H groups in total. The molecule has 6 heteroatoms. The summed E-state index contributed by atoms with van der Waals surface area (Å²) in [5.74, 6) is -0.116. The van der Waals surface area contributed by atoms with Crippen LogP contribution in [0.15, 0.2) is 24.3 Å². The topological polar surface area (TPSA) is 75.4 Å². The highest BCUT2D eigenvalue weighted by atomic mass is 35.5. The molecule has 0 spiro atoms. The molecule has 0 saturated carbocycles. The van der Waals surface area contributed by atoms with Crippen molar-refractivity contribution in [2.75, 3.05) is 6.54 Å². The zero-order valence-corrected chi connectivity index (χ0v) is 13.2. The maximum Gasteiger partial charge on any atom is 0.237 e. The molecular weight excluding hydrogens is 299 g/mol. The van der Waals surface area contributed by atoms with E-state index < -0.39 is 12.1 Å². The fourth-order valence-corrected chi connectivity index (χ4v) is 1.76. The number of carbonyl (C=O) groups is 1. The Kier molecular flexibility index (Phi) is 8.81. The third-order valence-electron chi connectivity index (χ3n) is 3.28. The van der Waals surface area contributed by atoms with Gasteiger partial charge in [-0.15, -0.1) is 12.4 Å². The molecule has 4 nitrogen and oxygen atoms in total. The number of nitrogens with two attached hydrogens (primary N) is 1. The summed E-state index contributed by atoms with van der Waals surface area (Å²) in [4.78, 5) is 11.8. The van der Waals surface area contributed by atoms with Gasteiger partial charge in [-0.1, -0.05) is 44.0 Å². The lowest BCUT2D eigenvalue weighted by atomic mass is 9.99. The molecule has 0 radical (unpaired) electrons. The molecule has 1 aromatic carbocycles. The minimum Gasteiger partial charge on any atom is -0.387 e. The van der Waals surface area contributed by atoms with Crippen molar-refractivity contribution in [2.45, 2.75) is 32.4 Å². The third-order valence-corrected chi connectivity index (χ3v) is 3.54. The number of hydrogen-bond donors (Lipinski definition) is 3. The second-order valence-corrected chi connectivity index (χ2v) is 5.16. The van der Waals surface area contributed by atoms with Crippen molar-refractivity contribution in [3.63, 3.8) is 0 Å². The first-order chi connectivity index (χ1) is 8.95. The lowest BCUT2D eigenvalue weighted by molar-refractivity contribution is -0.123. The standard InChI is InChI=1S/C14H21ClN2O2.ClH/c1-3-9(2)13(16)14(19)17-8-12(18)10-4-6-11(15)7-5-10;/h4-7,9,12-13,18H,3,8,16H2,1-2H3,(H,17,19);1H. The molecule has 0 bridgehead atoms. The summed E-state index contributed by atoms with van der Waals surface area (Å²) in [6.45, 7) is 4.06. The van der Waals surface area contributed by atoms with Crippen LogP contribution in [0.4, 0.5) is 0 Å². The minimum absolute atomic E-state index is 0. The van der Waals surface area contributed by atoms with Gasteiger partial charge in [-0.2, -0.15) is 0 Å². The maximum atomic E-state index is 11.8. The average Bonchev–Trinajstić information content (AvgIpc) is 2.43. The first-order valence-electron chi connectivity index (χ1n) is 6.42. The largest absolute Gasteiger partial charge is 0.387 e. The van der Waals surface area contributed by atoms with Gasteiger partial charge in [0.2, 0.25) is 5.91 Å². The molecule has 3 unspecified atom stereocenters. The highest BCUT2D eigenvalue weighted by Gasteiger charge is 2.20. The van der Waals surface area contributed by atoms with Crippen molar-refractivity contribution in [3.8, 4) is 0 Å². The van der Waals surface area contributed by atoms with Gasteiger partial charge in [0.05, 0.1) is 12.1 Å². The van der Waals surface area contributed by atoms with Crippen LogP contribution in [0.1, 0.15) is 31.9 Å². The van der Waals surface area contributed by atoms with Crippen molar-refractivity contribution in [1.29, 1.82) is 0 Å². The summed E-state index contributed by atoms with van der Waals surface area (Å²) in [5, 5.41) is 13.2. The molecule has 0 heterocycles. The Morgan fingerprint density at radius 1 is 1.40 bits per heavy atom. The first-order valence-corrected chi connectivity index (χ1v) is 6.80. The van der Waals surface area contributed by atoms with Gasteiger partial charge in [-0.05, 0) is 23.6 Å². The van der Waals surface area contributed by atoms with Gasteiger partial charge in [0.1, 0.15) is 0 Å². The van der Waals surface area contributed by atoms with Gasteiger partial charge >= 0.3 is 0 Å². The number of halogens is 2. The number of aliphatic hydroxyl groups is 1. The van der Waals surface area contributed by atoms with Crippen LogP contribution in [0.3, 0.4) is 0 Å². The maximum absolute atomic E-state index is 11.8. The van der Waals surface area contributed by atoms with E-state index in [0.717, 1.165) is 6.42 Å². The molecule has 1 rings (SSSR count). The van der Waals surface area contributed by atoms with Crippen molar-refractivity contribution < 1.29 is 9.90 Å². The molecule has 0 aromatic heterocycles. The van der Waals surface area contributed by atoms with E-state index in [0.29, 0.717) is 10.6 Å². The van der Waals surface area contributed by atoms with Crippen LogP contribution >= 0.6 is 24.0 Å². The van der Waals surface area contributed by atoms with Crippen LogP contribution in [0.25, 0.3) is 0 Å². The van der Waals surface area contributed by atoms with Crippen LogP contribution in [0, 0.1) is 5.92 Å². The predicted octanol–water partition coefficient (Wildman–Crippen LogP) is 2.28. The van der Waals surface area contributed by atoms with E-state index in [9.17, 15) is 9.90 Å². The number of rotatable bonds is 6. The highest BCUT2D eigenvalue weighted by Crippen LogP contribution is 2.15. The summed E-state index contributed by atoms with van der Waals surface area (Å²) in [7, 11) is 0. The van der Waals surface area contributed by atoms with Crippen LogP contribution < -0.4 is 11.1 Å². The van der Waals surface area contributed by atoms with Gasteiger partial charge in [-0.3, -0.25) is 4.79 Å². The molecule has 0 aliphatic rings. The number of carbonyl (C=O) groups excluding carboxylic acids is 1. The van der Waals surface area contributed by atoms with Crippen molar-refractivity contribution >= 4 is 29.9 Å². The molecule has 20 heavy (non-hydrogen) atoms. The summed E-state index contributed by atoms with van der Waals surface area (Å²) in [6.07, 6.45) is 0.0827. The molecular formula is C14H22Cl2N2O2. The molecule has 3 atom stereocenters. The average molecular weight is 321 g/mol. The normalized spacial score (nSPS) is 14.8. The second kappa shape index (κ2) is 9.19. The summed E-state index contributed by atoms with van der Waals surface area (Å²) >= 11 is 5.77. The van der Waals surface area contributed by atoms with Crippen LogP contribution in [-0.2, 0) is 4.79 Å². The Hall–Kier alpha value is -0.810. The van der Waals surface area contributed by atoms with Crippen LogP contribution in [0.5, 0.6) is 0 Å². The molecule has 1 amide bonds. The number of benzene rings is 1. The number of aliphatic hydroxyl groups excluding tert-OH is 1. The zero-order chi connectivity index (χ0) is 14.4. The summed E-state index contributed by atoms with van der Waals surface area (Å²) in [5.41, 5.74) is 6.51. The van der Waals surface area contributed by atoms with E-state index in [1.54, 1.807) is 24.3 Å². The van der Waals surface area contributed by atoms with Crippen molar-refractivity contribution in [1.82, 2.24) is 5.32 Å². The lowest BCUT2D eigenvalue weighted by Gasteiger charge is -2.19. The smallest absolute Gasteiger partial charge is 0.237 e. The summed E-state index contributed by atoms with van der Waals surface area (Å²) < 4.78 is 0. The third kappa shape index (κ3) is 5.67. The fraction of sp³-hybridized carbons (Fsp3) is 0.500. The van der Waals surface area contributed by atoms with Gasteiger partial charge in [0.15, 0.2) is 0 Å². The fourth-order valence-electron chi connectivity index (χ4n) is 1.63.